The summed E-state index contributed by atoms with van der Waals surface area (Å²) in [6.45, 7) is 0.821. The molecule has 1 aliphatic rings. The van der Waals surface area contributed by atoms with Crippen LogP contribution in [0.2, 0.25) is 10.2 Å². The molecular weight excluding hydrogens is 349 g/mol. The van der Waals surface area contributed by atoms with Gasteiger partial charge in [0.2, 0.25) is 0 Å². The van der Waals surface area contributed by atoms with Gasteiger partial charge >= 0.3 is 0 Å². The van der Waals surface area contributed by atoms with Crippen LogP contribution in [0.4, 0.5) is 0 Å². The predicted molar refractivity (Wildman–Crippen MR) is 82.6 cm³/mol. The molecular formula is C13H11Cl2N3O3S. The summed E-state index contributed by atoms with van der Waals surface area (Å²) >= 11 is 13.2. The third-order valence-electron chi connectivity index (χ3n) is 3.54. The minimum atomic E-state index is -0.543. The van der Waals surface area contributed by atoms with Gasteiger partial charge in [0, 0.05) is 18.5 Å². The molecule has 0 aliphatic carbocycles. The van der Waals surface area contributed by atoms with Gasteiger partial charge in [-0.1, -0.05) is 23.2 Å². The summed E-state index contributed by atoms with van der Waals surface area (Å²) in [6.07, 6.45) is 0. The second-order valence-corrected chi connectivity index (χ2v) is 6.79. The number of hydroxylamine groups is 1. The Labute approximate surface area is 139 Å². The highest BCUT2D eigenvalue weighted by atomic mass is 35.5. The summed E-state index contributed by atoms with van der Waals surface area (Å²) in [5.74, 6) is -0.717. The maximum absolute atomic E-state index is 12.5. The number of thiophene rings is 1. The number of fused-ring (bicyclic) bond motifs is 1. The highest BCUT2D eigenvalue weighted by Crippen LogP contribution is 2.33. The van der Waals surface area contributed by atoms with Gasteiger partial charge in [0.15, 0.2) is 0 Å². The molecule has 0 saturated carbocycles. The molecule has 9 heteroatoms. The van der Waals surface area contributed by atoms with E-state index in [1.165, 1.54) is 11.3 Å². The number of hydrogen-bond acceptors (Lipinski definition) is 4. The molecule has 22 heavy (non-hydrogen) atoms. The Morgan fingerprint density at radius 2 is 2.05 bits per heavy atom. The third kappa shape index (κ3) is 2.40. The lowest BCUT2D eigenvalue weighted by molar-refractivity contribution is 0.0711. The van der Waals surface area contributed by atoms with Crippen LogP contribution in [0.5, 0.6) is 0 Å². The minimum Gasteiger partial charge on any atom is -0.329 e. The molecule has 116 valence electrons. The second kappa shape index (κ2) is 5.58. The molecule has 1 aliphatic heterocycles. The van der Waals surface area contributed by atoms with Gasteiger partial charge in [-0.2, -0.15) is 0 Å². The van der Waals surface area contributed by atoms with Crippen LogP contribution in [0, 0.1) is 0 Å². The van der Waals surface area contributed by atoms with Crippen LogP contribution in [0.3, 0.4) is 0 Å². The van der Waals surface area contributed by atoms with Crippen molar-refractivity contribution in [2.24, 2.45) is 7.05 Å². The Balaban J connectivity index is 1.81. The number of amides is 2. The number of nitrogens with zero attached hydrogens (tertiary/aromatic N) is 2. The quantitative estimate of drug-likeness (QED) is 0.639. The predicted octanol–water partition coefficient (Wildman–Crippen LogP) is 2.67. The van der Waals surface area contributed by atoms with E-state index < -0.39 is 5.91 Å². The van der Waals surface area contributed by atoms with Crippen molar-refractivity contribution in [1.82, 2.24) is 14.9 Å². The number of halogens is 2. The highest BCUT2D eigenvalue weighted by Gasteiger charge is 2.29. The van der Waals surface area contributed by atoms with E-state index in [9.17, 15) is 9.59 Å². The monoisotopic (exact) mass is 359 g/mol. The van der Waals surface area contributed by atoms with Crippen molar-refractivity contribution in [3.8, 4) is 0 Å². The molecule has 3 rings (SSSR count). The van der Waals surface area contributed by atoms with Gasteiger partial charge in [-0.05, 0) is 17.7 Å². The first-order valence-electron chi connectivity index (χ1n) is 6.28. The van der Waals surface area contributed by atoms with Gasteiger partial charge in [0.25, 0.3) is 11.8 Å². The average Bonchev–Trinajstić information content (AvgIpc) is 3.13. The fourth-order valence-corrected chi connectivity index (χ4v) is 3.84. The summed E-state index contributed by atoms with van der Waals surface area (Å²) in [4.78, 5) is 26.9. The lowest BCUT2D eigenvalue weighted by Gasteiger charge is -2.16. The Hall–Kier alpha value is -1.54. The lowest BCUT2D eigenvalue weighted by Crippen LogP contribution is -2.27. The van der Waals surface area contributed by atoms with E-state index in [1.54, 1.807) is 34.1 Å². The van der Waals surface area contributed by atoms with Crippen molar-refractivity contribution in [2.45, 2.75) is 13.1 Å². The van der Waals surface area contributed by atoms with Crippen molar-refractivity contribution >= 4 is 46.4 Å². The molecule has 2 aromatic rings. The summed E-state index contributed by atoms with van der Waals surface area (Å²) in [5.41, 5.74) is 2.93. The molecule has 0 aromatic carbocycles. The number of carbonyl (C=O) groups excluding carboxylic acids is 2. The van der Waals surface area contributed by atoms with Crippen LogP contribution in [0.25, 0.3) is 0 Å². The zero-order chi connectivity index (χ0) is 16.0. The van der Waals surface area contributed by atoms with Gasteiger partial charge in [0.05, 0.1) is 16.4 Å². The SMILES string of the molecule is Cn1c(C(=O)N2Cc3cc(C(=O)NO)sc3C2)cc(Cl)c1Cl. The molecule has 2 amide bonds. The summed E-state index contributed by atoms with van der Waals surface area (Å²) < 4.78 is 1.54. The third-order valence-corrected chi connectivity index (χ3v) is 5.54. The van der Waals surface area contributed by atoms with Gasteiger partial charge in [-0.3, -0.25) is 14.8 Å². The van der Waals surface area contributed by atoms with Crippen LogP contribution in [-0.4, -0.2) is 26.5 Å². The van der Waals surface area contributed by atoms with E-state index in [4.69, 9.17) is 28.4 Å². The van der Waals surface area contributed by atoms with Gasteiger partial charge in [-0.15, -0.1) is 11.3 Å². The molecule has 0 spiro atoms. The molecule has 2 N–H and O–H groups in total. The highest BCUT2D eigenvalue weighted by molar-refractivity contribution is 7.14. The number of carbonyl (C=O) groups is 2. The molecule has 0 atom stereocenters. The Kier molecular flexibility index (Phi) is 3.90. The zero-order valence-corrected chi connectivity index (χ0v) is 13.7. The van der Waals surface area contributed by atoms with Gasteiger partial charge in [0.1, 0.15) is 10.8 Å². The van der Waals surface area contributed by atoms with E-state index in [-0.39, 0.29) is 5.91 Å². The molecule has 0 fully saturated rings. The van der Waals surface area contributed by atoms with E-state index >= 15 is 0 Å². The average molecular weight is 360 g/mol. The van der Waals surface area contributed by atoms with Crippen LogP contribution in [0.15, 0.2) is 12.1 Å². The van der Waals surface area contributed by atoms with E-state index in [0.717, 1.165) is 10.4 Å². The summed E-state index contributed by atoms with van der Waals surface area (Å²) in [6, 6.07) is 3.23. The fraction of sp³-hybridized carbons (Fsp3) is 0.231. The standard InChI is InChI=1S/C13H11Cl2N3O3S/c1-17-8(3-7(14)11(17)15)13(20)18-4-6-2-9(12(19)16-21)22-10(6)5-18/h2-3,21H,4-5H2,1H3,(H,16,19). The van der Waals surface area contributed by atoms with Crippen molar-refractivity contribution in [3.05, 3.63) is 43.3 Å². The van der Waals surface area contributed by atoms with Crippen LogP contribution in [0.1, 0.15) is 30.6 Å². The number of nitrogens with one attached hydrogen (secondary N) is 1. The maximum atomic E-state index is 12.5. The van der Waals surface area contributed by atoms with Crippen molar-refractivity contribution < 1.29 is 14.8 Å². The molecule has 0 unspecified atom stereocenters. The molecule has 6 nitrogen and oxygen atoms in total. The van der Waals surface area contributed by atoms with Crippen molar-refractivity contribution in [1.29, 1.82) is 0 Å². The smallest absolute Gasteiger partial charge is 0.284 e. The first-order chi connectivity index (χ1) is 10.4. The summed E-state index contributed by atoms with van der Waals surface area (Å²) in [7, 11) is 1.68. The second-order valence-electron chi connectivity index (χ2n) is 4.89. The fourth-order valence-electron chi connectivity index (χ4n) is 2.39. The van der Waals surface area contributed by atoms with Crippen LogP contribution in [-0.2, 0) is 20.1 Å². The molecule has 0 bridgehead atoms. The van der Waals surface area contributed by atoms with Crippen molar-refractivity contribution in [3.63, 3.8) is 0 Å². The number of rotatable bonds is 2. The topological polar surface area (TPSA) is 74.6 Å². The van der Waals surface area contributed by atoms with E-state index in [2.05, 4.69) is 0 Å². The zero-order valence-electron chi connectivity index (χ0n) is 11.4. The Bertz CT molecular complexity index is 760. The lowest BCUT2D eigenvalue weighted by atomic mass is 10.3. The number of hydrogen-bond donors (Lipinski definition) is 2. The maximum Gasteiger partial charge on any atom is 0.284 e. The first kappa shape index (κ1) is 15.4. The Morgan fingerprint density at radius 1 is 1.32 bits per heavy atom. The van der Waals surface area contributed by atoms with Crippen molar-refractivity contribution in [2.75, 3.05) is 0 Å². The number of aromatic nitrogens is 1. The van der Waals surface area contributed by atoms with E-state index in [1.807, 2.05) is 0 Å². The molecule has 3 heterocycles. The first-order valence-corrected chi connectivity index (χ1v) is 7.85. The van der Waals surface area contributed by atoms with Gasteiger partial charge in [-0.25, -0.2) is 5.48 Å². The molecule has 0 radical (unpaired) electrons. The largest absolute Gasteiger partial charge is 0.329 e. The van der Waals surface area contributed by atoms with E-state index in [0.29, 0.717) is 33.8 Å². The van der Waals surface area contributed by atoms with Crippen LogP contribution < -0.4 is 5.48 Å². The molecule has 2 aromatic heterocycles. The van der Waals surface area contributed by atoms with Crippen LogP contribution >= 0.6 is 34.5 Å². The summed E-state index contributed by atoms with van der Waals surface area (Å²) in [5, 5.41) is 9.30. The van der Waals surface area contributed by atoms with Gasteiger partial charge < -0.3 is 9.47 Å². The Morgan fingerprint density at radius 3 is 2.59 bits per heavy atom. The minimum absolute atomic E-state index is 0.173. The molecule has 0 saturated heterocycles. The normalized spacial score (nSPS) is 13.4.